The predicted octanol–water partition coefficient (Wildman–Crippen LogP) is 5.96. The number of aryl methyl sites for hydroxylation is 1. The lowest BCUT2D eigenvalue weighted by atomic mass is 9.48. The zero-order valence-electron chi connectivity index (χ0n) is 17.3. The van der Waals surface area contributed by atoms with E-state index in [2.05, 4.69) is 31.0 Å². The molecule has 2 fully saturated rings. The van der Waals surface area contributed by atoms with E-state index in [-0.39, 0.29) is 10.8 Å². The summed E-state index contributed by atoms with van der Waals surface area (Å²) in [7, 11) is 0. The molecule has 0 unspecified atom stereocenters. The van der Waals surface area contributed by atoms with E-state index >= 15 is 0 Å². The smallest absolute Gasteiger partial charge is 0.142 e. The van der Waals surface area contributed by atoms with Crippen LogP contribution in [0.4, 0.5) is 0 Å². The minimum atomic E-state index is -0.0462. The van der Waals surface area contributed by atoms with E-state index in [1.807, 2.05) is 29.7 Å². The van der Waals surface area contributed by atoms with Gasteiger partial charge in [0.05, 0.1) is 11.4 Å². The van der Waals surface area contributed by atoms with Crippen molar-refractivity contribution in [2.75, 3.05) is 0 Å². The summed E-state index contributed by atoms with van der Waals surface area (Å²) in [5.74, 6) is 2.49. The Kier molecular flexibility index (Phi) is 3.79. The zero-order valence-corrected chi connectivity index (χ0v) is 18.1. The summed E-state index contributed by atoms with van der Waals surface area (Å²) in [5.41, 5.74) is 3.89. The summed E-state index contributed by atoms with van der Waals surface area (Å²) in [6, 6.07) is 6.07. The highest BCUT2D eigenvalue weighted by atomic mass is 32.1. The quantitative estimate of drug-likeness (QED) is 0.589. The second-order valence-electron chi connectivity index (χ2n) is 10.1. The lowest BCUT2D eigenvalue weighted by Crippen LogP contribution is -2.49. The zero-order chi connectivity index (χ0) is 19.8. The van der Waals surface area contributed by atoms with Crippen LogP contribution >= 0.6 is 11.3 Å². The Morgan fingerprint density at radius 1 is 1.07 bits per heavy atom. The normalized spacial score (nSPS) is 37.9. The molecule has 2 aromatic rings. The molecule has 0 bridgehead atoms. The molecular weight excluding hydrogens is 376 g/mol. The summed E-state index contributed by atoms with van der Waals surface area (Å²) < 4.78 is 0. The Morgan fingerprint density at radius 3 is 2.76 bits per heavy atom. The van der Waals surface area contributed by atoms with Crippen molar-refractivity contribution in [3.8, 4) is 10.7 Å². The Bertz CT molecular complexity index is 1020. The largest absolute Gasteiger partial charge is 0.299 e. The van der Waals surface area contributed by atoms with Crippen molar-refractivity contribution >= 4 is 22.7 Å². The van der Waals surface area contributed by atoms with Gasteiger partial charge in [-0.3, -0.25) is 9.78 Å². The summed E-state index contributed by atoms with van der Waals surface area (Å²) in [5, 5.41) is 1.06. The molecule has 29 heavy (non-hydrogen) atoms. The molecule has 5 atom stereocenters. The summed E-state index contributed by atoms with van der Waals surface area (Å²) in [4.78, 5) is 23.7. The molecule has 2 aromatic heterocycles. The van der Waals surface area contributed by atoms with Gasteiger partial charge in [-0.2, -0.15) is 0 Å². The average molecular weight is 405 g/mol. The molecule has 2 saturated carbocycles. The number of nitrogens with zero attached hydrogens (tertiary/aromatic N) is 2. The predicted molar refractivity (Wildman–Crippen MR) is 116 cm³/mol. The Hall–Kier alpha value is -1.81. The number of allylic oxidation sites excluding steroid dienone is 2. The third-order valence-electron chi connectivity index (χ3n) is 8.88. The van der Waals surface area contributed by atoms with Gasteiger partial charge in [-0.15, -0.1) is 11.3 Å². The number of carbonyl (C=O) groups is 1. The maximum Gasteiger partial charge on any atom is 0.142 e. The van der Waals surface area contributed by atoms with Gasteiger partial charge in [-0.25, -0.2) is 4.98 Å². The first-order valence-corrected chi connectivity index (χ1v) is 12.0. The fourth-order valence-electron chi connectivity index (χ4n) is 7.26. The van der Waals surface area contributed by atoms with Gasteiger partial charge in [0.2, 0.25) is 0 Å². The molecule has 2 heterocycles. The molecule has 0 saturated heterocycles. The maximum absolute atomic E-state index is 12.6. The van der Waals surface area contributed by atoms with Gasteiger partial charge >= 0.3 is 0 Å². The molecule has 0 aliphatic heterocycles. The van der Waals surface area contributed by atoms with Crippen molar-refractivity contribution in [3.05, 3.63) is 41.0 Å². The number of aromatic nitrogens is 2. The number of carbonyl (C=O) groups excluding carboxylic acids is 1. The number of pyridine rings is 1. The van der Waals surface area contributed by atoms with Gasteiger partial charge in [0, 0.05) is 22.9 Å². The first kappa shape index (κ1) is 18.0. The number of fused-ring (bicyclic) bond motifs is 7. The number of hydrogen-bond donors (Lipinski definition) is 0. The van der Waals surface area contributed by atoms with Crippen LogP contribution in [-0.4, -0.2) is 15.8 Å². The van der Waals surface area contributed by atoms with Crippen molar-refractivity contribution in [2.45, 2.75) is 58.8 Å². The lowest BCUT2D eigenvalue weighted by molar-refractivity contribution is -0.131. The van der Waals surface area contributed by atoms with Gasteiger partial charge in [0.15, 0.2) is 0 Å². The summed E-state index contributed by atoms with van der Waals surface area (Å²) in [6.45, 7) is 4.77. The van der Waals surface area contributed by atoms with E-state index in [4.69, 9.17) is 4.98 Å². The van der Waals surface area contributed by atoms with E-state index in [1.54, 1.807) is 0 Å². The molecule has 0 spiro atoms. The van der Waals surface area contributed by atoms with Gasteiger partial charge in [0.1, 0.15) is 10.8 Å². The lowest BCUT2D eigenvalue weighted by Gasteiger charge is -2.55. The minimum Gasteiger partial charge on any atom is -0.299 e. The van der Waals surface area contributed by atoms with Crippen LogP contribution < -0.4 is 0 Å². The van der Waals surface area contributed by atoms with Crippen LogP contribution in [0.3, 0.4) is 0 Å². The Labute approximate surface area is 176 Å². The number of Topliss-reactive ketones (excluding diaryl/α,β-unsaturated/α-hetero) is 1. The Balaban J connectivity index is 1.40. The third-order valence-corrected chi connectivity index (χ3v) is 10.0. The fraction of sp³-hybridized carbons (Fsp3) is 0.560. The number of rotatable bonds is 1. The van der Waals surface area contributed by atoms with Crippen molar-refractivity contribution in [2.24, 2.45) is 28.6 Å². The van der Waals surface area contributed by atoms with Crippen LogP contribution in [0.1, 0.15) is 62.9 Å². The SMILES string of the molecule is C[C@]12CCc3sc(-c4ccccn4)nc3C1=CC[C@@H]1[C@@H]2CC[C@]2(C)C(=O)CC[C@@H]12. The van der Waals surface area contributed by atoms with Crippen LogP contribution in [0.15, 0.2) is 30.5 Å². The second-order valence-corrected chi connectivity index (χ2v) is 11.2. The van der Waals surface area contributed by atoms with Crippen molar-refractivity contribution in [1.82, 2.24) is 9.97 Å². The third kappa shape index (κ3) is 2.38. The van der Waals surface area contributed by atoms with E-state index in [0.29, 0.717) is 23.5 Å². The highest BCUT2D eigenvalue weighted by Gasteiger charge is 2.58. The molecule has 4 aliphatic rings. The highest BCUT2D eigenvalue weighted by molar-refractivity contribution is 7.15. The van der Waals surface area contributed by atoms with E-state index in [1.165, 1.54) is 29.0 Å². The molecule has 0 aromatic carbocycles. The van der Waals surface area contributed by atoms with Gasteiger partial charge in [-0.1, -0.05) is 26.0 Å². The monoisotopic (exact) mass is 404 g/mol. The summed E-state index contributed by atoms with van der Waals surface area (Å²) >= 11 is 1.83. The number of thiazole rings is 1. The average Bonchev–Trinajstić information content (AvgIpc) is 3.29. The molecule has 0 amide bonds. The summed E-state index contributed by atoms with van der Waals surface area (Å²) in [6.07, 6.45) is 12.0. The number of ketones is 1. The molecular formula is C25H28N2OS. The van der Waals surface area contributed by atoms with Crippen LogP contribution in [-0.2, 0) is 11.2 Å². The van der Waals surface area contributed by atoms with Crippen LogP contribution in [0.2, 0.25) is 0 Å². The minimum absolute atomic E-state index is 0.0462. The standard InChI is InChI=1S/C25H28N2OS/c1-24-13-11-20-22(27-23(29-20)19-5-3-4-14-26-19)18(24)7-6-15-16-8-9-21(28)25(16,2)12-10-17(15)24/h3-5,7,14-17H,6,8-13H2,1-2H3/t15-,16-,17-,24+,25-/m0/s1. The number of hydrogen-bond acceptors (Lipinski definition) is 4. The van der Waals surface area contributed by atoms with Crippen LogP contribution in [0, 0.1) is 28.6 Å². The van der Waals surface area contributed by atoms with Gasteiger partial charge in [0.25, 0.3) is 0 Å². The van der Waals surface area contributed by atoms with Crippen molar-refractivity contribution < 1.29 is 4.79 Å². The Morgan fingerprint density at radius 2 is 1.93 bits per heavy atom. The van der Waals surface area contributed by atoms with E-state index < -0.39 is 0 Å². The molecule has 4 heteroatoms. The van der Waals surface area contributed by atoms with Crippen LogP contribution in [0.5, 0.6) is 0 Å². The van der Waals surface area contributed by atoms with Crippen LogP contribution in [0.25, 0.3) is 16.3 Å². The maximum atomic E-state index is 12.6. The topological polar surface area (TPSA) is 42.9 Å². The second kappa shape index (κ2) is 6.10. The molecule has 0 radical (unpaired) electrons. The molecule has 0 N–H and O–H groups in total. The highest BCUT2D eigenvalue weighted by Crippen LogP contribution is 2.65. The van der Waals surface area contributed by atoms with Crippen molar-refractivity contribution in [3.63, 3.8) is 0 Å². The molecule has 6 rings (SSSR count). The first-order valence-electron chi connectivity index (χ1n) is 11.2. The van der Waals surface area contributed by atoms with Crippen molar-refractivity contribution in [1.29, 1.82) is 0 Å². The molecule has 4 aliphatic carbocycles. The fourth-order valence-corrected chi connectivity index (χ4v) is 8.31. The van der Waals surface area contributed by atoms with Gasteiger partial charge < -0.3 is 0 Å². The molecule has 3 nitrogen and oxygen atoms in total. The molecule has 150 valence electrons. The van der Waals surface area contributed by atoms with E-state index in [0.717, 1.165) is 42.8 Å². The van der Waals surface area contributed by atoms with Gasteiger partial charge in [-0.05, 0) is 79.4 Å². The first-order chi connectivity index (χ1) is 14.0. The van der Waals surface area contributed by atoms with E-state index in [9.17, 15) is 4.79 Å².